The number of halogens is 3. The van der Waals surface area contributed by atoms with Crippen molar-refractivity contribution >= 4 is 44.0 Å². The van der Waals surface area contributed by atoms with Gasteiger partial charge in [0.1, 0.15) is 11.6 Å². The van der Waals surface area contributed by atoms with E-state index in [9.17, 15) is 22.0 Å². The predicted molar refractivity (Wildman–Crippen MR) is 117 cm³/mol. The highest BCUT2D eigenvalue weighted by molar-refractivity contribution is 7.89. The third-order valence-corrected chi connectivity index (χ3v) is 7.59. The van der Waals surface area contributed by atoms with Gasteiger partial charge in [-0.3, -0.25) is 10.1 Å². The summed E-state index contributed by atoms with van der Waals surface area (Å²) in [6, 6.07) is 6.86. The molecule has 0 unspecified atom stereocenters. The summed E-state index contributed by atoms with van der Waals surface area (Å²) >= 11 is 7.12. The lowest BCUT2D eigenvalue weighted by molar-refractivity contribution is 0.102. The highest BCUT2D eigenvalue weighted by Crippen LogP contribution is 2.29. The Kier molecular flexibility index (Phi) is 7.05. The lowest BCUT2D eigenvalue weighted by Gasteiger charge is -2.19. The first-order valence-electron chi connectivity index (χ1n) is 9.19. The van der Waals surface area contributed by atoms with E-state index in [0.717, 1.165) is 29.5 Å². The van der Waals surface area contributed by atoms with Crippen LogP contribution in [0.15, 0.2) is 46.7 Å². The van der Waals surface area contributed by atoms with Crippen LogP contribution in [0.25, 0.3) is 11.3 Å². The molecular weight excluding hydrogens is 468 g/mol. The van der Waals surface area contributed by atoms with Crippen molar-refractivity contribution in [2.24, 2.45) is 0 Å². The number of amides is 1. The van der Waals surface area contributed by atoms with Gasteiger partial charge in [-0.2, -0.15) is 4.31 Å². The minimum atomic E-state index is -3.78. The van der Waals surface area contributed by atoms with E-state index in [2.05, 4.69) is 10.3 Å². The van der Waals surface area contributed by atoms with Crippen molar-refractivity contribution in [3.63, 3.8) is 0 Å². The van der Waals surface area contributed by atoms with Crippen molar-refractivity contribution in [1.82, 2.24) is 9.29 Å². The molecule has 3 rings (SSSR count). The molecule has 1 N–H and O–H groups in total. The van der Waals surface area contributed by atoms with Crippen LogP contribution in [0.1, 0.15) is 24.2 Å². The van der Waals surface area contributed by atoms with Crippen LogP contribution in [0.3, 0.4) is 0 Å². The Morgan fingerprint density at radius 2 is 1.87 bits per heavy atom. The van der Waals surface area contributed by atoms with Crippen molar-refractivity contribution in [2.75, 3.05) is 18.4 Å². The van der Waals surface area contributed by atoms with Crippen molar-refractivity contribution in [1.29, 1.82) is 0 Å². The molecule has 1 heterocycles. The molecule has 164 valence electrons. The molecule has 0 bridgehead atoms. The van der Waals surface area contributed by atoms with E-state index in [4.69, 9.17) is 11.6 Å². The second-order valence-corrected chi connectivity index (χ2v) is 9.55. The van der Waals surface area contributed by atoms with Gasteiger partial charge < -0.3 is 0 Å². The van der Waals surface area contributed by atoms with Crippen molar-refractivity contribution < 1.29 is 22.0 Å². The van der Waals surface area contributed by atoms with Crippen LogP contribution in [-0.2, 0) is 10.0 Å². The minimum absolute atomic E-state index is 0.0397. The minimum Gasteiger partial charge on any atom is -0.298 e. The van der Waals surface area contributed by atoms with Gasteiger partial charge in [-0.05, 0) is 36.4 Å². The van der Waals surface area contributed by atoms with Crippen LogP contribution in [0.2, 0.25) is 5.02 Å². The maximum absolute atomic E-state index is 14.0. The molecule has 0 fully saturated rings. The average molecular weight is 486 g/mol. The zero-order valence-corrected chi connectivity index (χ0v) is 18.9. The molecule has 0 saturated carbocycles. The number of rotatable bonds is 7. The number of sulfonamides is 1. The smallest absolute Gasteiger partial charge is 0.259 e. The summed E-state index contributed by atoms with van der Waals surface area (Å²) in [6.45, 7) is 3.99. The van der Waals surface area contributed by atoms with E-state index < -0.39 is 27.6 Å². The summed E-state index contributed by atoms with van der Waals surface area (Å²) in [5, 5.41) is 4.17. The summed E-state index contributed by atoms with van der Waals surface area (Å²) < 4.78 is 54.1. The van der Waals surface area contributed by atoms with E-state index in [0.29, 0.717) is 0 Å². The lowest BCUT2D eigenvalue weighted by Crippen LogP contribution is -2.30. The molecule has 6 nitrogen and oxygen atoms in total. The van der Waals surface area contributed by atoms with Gasteiger partial charge >= 0.3 is 0 Å². The molecule has 0 aliphatic heterocycles. The van der Waals surface area contributed by atoms with Gasteiger partial charge in [0.2, 0.25) is 10.0 Å². The first kappa shape index (κ1) is 23.3. The van der Waals surface area contributed by atoms with Crippen LogP contribution in [0, 0.1) is 11.6 Å². The normalized spacial score (nSPS) is 11.7. The summed E-state index contributed by atoms with van der Waals surface area (Å²) in [4.78, 5) is 16.8. The van der Waals surface area contributed by atoms with Crippen molar-refractivity contribution in [3.8, 4) is 11.3 Å². The maximum atomic E-state index is 14.0. The van der Waals surface area contributed by atoms with Gasteiger partial charge in [-0.25, -0.2) is 22.2 Å². The van der Waals surface area contributed by atoms with E-state index in [1.165, 1.54) is 27.9 Å². The quantitative estimate of drug-likeness (QED) is 0.509. The van der Waals surface area contributed by atoms with Crippen molar-refractivity contribution in [2.45, 2.75) is 18.7 Å². The molecule has 0 atom stereocenters. The Balaban J connectivity index is 1.88. The first-order valence-corrected chi connectivity index (χ1v) is 11.9. The lowest BCUT2D eigenvalue weighted by atomic mass is 10.1. The van der Waals surface area contributed by atoms with Gasteiger partial charge in [0.05, 0.1) is 21.2 Å². The first-order chi connectivity index (χ1) is 14.7. The number of nitrogens with one attached hydrogen (secondary N) is 1. The zero-order chi connectivity index (χ0) is 22.8. The number of carbonyl (C=O) groups excluding carboxylic acids is 1. The molecule has 3 aromatic rings. The Labute approximate surface area is 187 Å². The fourth-order valence-electron chi connectivity index (χ4n) is 2.86. The number of carbonyl (C=O) groups is 1. The van der Waals surface area contributed by atoms with Gasteiger partial charge in [0.25, 0.3) is 5.91 Å². The van der Waals surface area contributed by atoms with Crippen molar-refractivity contribution in [3.05, 3.63) is 64.0 Å². The Bertz CT molecular complexity index is 1230. The topological polar surface area (TPSA) is 79.4 Å². The number of hydrogen-bond acceptors (Lipinski definition) is 5. The largest absolute Gasteiger partial charge is 0.298 e. The Hall–Kier alpha value is -2.40. The standard InChI is InChI=1S/C20H18ClF2N3O3S2/c1-3-26(4-2)31(28,29)13-6-7-16(21)14(10-13)19(27)25-20-24-18(11-30-20)15-9-12(22)5-8-17(15)23/h5-11H,3-4H2,1-2H3,(H,24,25,27). The van der Waals surface area contributed by atoms with E-state index in [-0.39, 0.29) is 45.0 Å². The van der Waals surface area contributed by atoms with Gasteiger partial charge in [0, 0.05) is 24.0 Å². The second kappa shape index (κ2) is 9.39. The fraction of sp³-hybridized carbons (Fsp3) is 0.200. The summed E-state index contributed by atoms with van der Waals surface area (Å²) in [6.07, 6.45) is 0. The molecule has 0 spiro atoms. The number of benzene rings is 2. The van der Waals surface area contributed by atoms with E-state index in [1.807, 2.05) is 0 Å². The molecule has 0 aliphatic carbocycles. The highest BCUT2D eigenvalue weighted by atomic mass is 35.5. The van der Waals surface area contributed by atoms with E-state index >= 15 is 0 Å². The molecular formula is C20H18ClF2N3O3S2. The average Bonchev–Trinajstić information content (AvgIpc) is 3.18. The Morgan fingerprint density at radius 3 is 2.55 bits per heavy atom. The van der Waals surface area contributed by atoms with Crippen LogP contribution in [-0.4, -0.2) is 36.7 Å². The zero-order valence-electron chi connectivity index (χ0n) is 16.5. The molecule has 0 radical (unpaired) electrons. The molecule has 1 aromatic heterocycles. The van der Waals surface area contributed by atoms with Gasteiger partial charge in [-0.1, -0.05) is 25.4 Å². The predicted octanol–water partition coefficient (Wildman–Crippen LogP) is 5.02. The number of thiazole rings is 1. The molecule has 31 heavy (non-hydrogen) atoms. The third kappa shape index (κ3) is 4.93. The number of hydrogen-bond donors (Lipinski definition) is 1. The summed E-state index contributed by atoms with van der Waals surface area (Å²) in [5.41, 5.74) is 0.0620. The second-order valence-electron chi connectivity index (χ2n) is 6.35. The number of nitrogens with zero attached hydrogens (tertiary/aromatic N) is 2. The van der Waals surface area contributed by atoms with Crippen LogP contribution in [0.4, 0.5) is 13.9 Å². The summed E-state index contributed by atoms with van der Waals surface area (Å²) in [7, 11) is -3.78. The fourth-order valence-corrected chi connectivity index (χ4v) is 5.26. The Morgan fingerprint density at radius 1 is 1.16 bits per heavy atom. The van der Waals surface area contributed by atoms with Gasteiger partial charge in [0.15, 0.2) is 5.13 Å². The molecule has 11 heteroatoms. The molecule has 0 saturated heterocycles. The van der Waals surface area contributed by atoms with Crippen LogP contribution >= 0.6 is 22.9 Å². The highest BCUT2D eigenvalue weighted by Gasteiger charge is 2.24. The monoisotopic (exact) mass is 485 g/mol. The van der Waals surface area contributed by atoms with Gasteiger partial charge in [-0.15, -0.1) is 11.3 Å². The summed E-state index contributed by atoms with van der Waals surface area (Å²) in [5.74, 6) is -1.95. The third-order valence-electron chi connectivity index (χ3n) is 4.45. The molecule has 2 aromatic carbocycles. The van der Waals surface area contributed by atoms with Crippen LogP contribution < -0.4 is 5.32 Å². The number of aromatic nitrogens is 1. The maximum Gasteiger partial charge on any atom is 0.259 e. The SMILES string of the molecule is CCN(CC)S(=O)(=O)c1ccc(Cl)c(C(=O)Nc2nc(-c3cc(F)ccc3F)cs2)c1. The van der Waals surface area contributed by atoms with Crippen LogP contribution in [0.5, 0.6) is 0 Å². The number of anilines is 1. The molecule has 1 amide bonds. The molecule has 0 aliphatic rings. The van der Waals surface area contributed by atoms with E-state index in [1.54, 1.807) is 13.8 Å².